The van der Waals surface area contributed by atoms with Crippen LogP contribution < -0.4 is 10.7 Å². The van der Waals surface area contributed by atoms with Crippen molar-refractivity contribution >= 4 is 23.2 Å². The van der Waals surface area contributed by atoms with Gasteiger partial charge in [0.1, 0.15) is 0 Å². The largest absolute Gasteiger partial charge is 0.346 e. The van der Waals surface area contributed by atoms with Crippen molar-refractivity contribution in [1.29, 1.82) is 0 Å². The van der Waals surface area contributed by atoms with Crippen LogP contribution >= 0.6 is 23.2 Å². The van der Waals surface area contributed by atoms with Crippen LogP contribution in [-0.2, 0) is 0 Å². The minimum Gasteiger partial charge on any atom is -0.346 e. The summed E-state index contributed by atoms with van der Waals surface area (Å²) in [6.45, 7) is 0. The molecule has 0 fully saturated rings. The number of aliphatic hydroxyl groups excluding tert-OH is 1. The molecule has 0 aliphatic carbocycles. The van der Waals surface area contributed by atoms with Crippen molar-refractivity contribution in [3.05, 3.63) is 39.2 Å². The molecule has 1 N–H and O–H groups in total. The van der Waals surface area contributed by atoms with Gasteiger partial charge in [0.05, 0.1) is 20.8 Å². The third kappa shape index (κ3) is 1.20. The maximum absolute atomic E-state index is 8.93. The van der Waals surface area contributed by atoms with Gasteiger partial charge in [-0.05, 0) is 12.1 Å². The summed E-state index contributed by atoms with van der Waals surface area (Å²) in [7, 11) is 0. The molecule has 1 radical (unpaired) electrons. The van der Waals surface area contributed by atoms with E-state index in [9.17, 15) is 0 Å². The molecular weight excluding hydrogens is 199 g/mol. The highest BCUT2D eigenvalue weighted by Crippen LogP contribution is 2.17. The van der Waals surface area contributed by atoms with E-state index in [4.69, 9.17) is 28.3 Å². The molecule has 1 aromatic rings. The molecular formula is C7H3Cl2N2O. The average molecular weight is 202 g/mol. The number of fused-ring (bicyclic) bond motifs is 1. The first kappa shape index (κ1) is 7.98. The number of aliphatic hydroxyl groups is 1. The third-order valence-corrected chi connectivity index (χ3v) is 2.18. The summed E-state index contributed by atoms with van der Waals surface area (Å²) in [6, 6.07) is 3.12. The molecule has 1 aliphatic heterocycles. The summed E-state index contributed by atoms with van der Waals surface area (Å²) in [5, 5.41) is 10.8. The summed E-state index contributed by atoms with van der Waals surface area (Å²) < 4.78 is 0. The predicted octanol–water partition coefficient (Wildman–Crippen LogP) is 1.07. The van der Waals surface area contributed by atoms with Crippen LogP contribution in [0.2, 0.25) is 10.0 Å². The lowest BCUT2D eigenvalue weighted by atomic mass is 10.3. The van der Waals surface area contributed by atoms with E-state index in [-0.39, 0.29) is 6.35 Å². The van der Waals surface area contributed by atoms with Crippen LogP contribution in [0, 0.1) is 6.35 Å². The second kappa shape index (κ2) is 2.69. The number of rotatable bonds is 0. The standard InChI is InChI=1S/C7H3Cl2N2O/c8-3-1-5-6(2-4(3)9)11-7(12)10-5/h1-2,12H. The maximum atomic E-state index is 8.93. The van der Waals surface area contributed by atoms with Crippen LogP contribution in [0.1, 0.15) is 0 Å². The van der Waals surface area contributed by atoms with E-state index >= 15 is 0 Å². The number of hydrogen-bond acceptors (Lipinski definition) is 3. The molecule has 0 spiro atoms. The van der Waals surface area contributed by atoms with Crippen LogP contribution in [0.25, 0.3) is 0 Å². The minimum absolute atomic E-state index is 0.261. The van der Waals surface area contributed by atoms with Crippen molar-refractivity contribution < 1.29 is 5.11 Å². The Morgan fingerprint density at radius 2 is 1.42 bits per heavy atom. The summed E-state index contributed by atoms with van der Waals surface area (Å²) in [5.41, 5.74) is 0. The Bertz CT molecular complexity index is 402. The van der Waals surface area contributed by atoms with E-state index in [1.807, 2.05) is 0 Å². The third-order valence-electron chi connectivity index (χ3n) is 1.46. The fourth-order valence-electron chi connectivity index (χ4n) is 0.945. The van der Waals surface area contributed by atoms with E-state index in [0.29, 0.717) is 20.8 Å². The molecule has 0 atom stereocenters. The van der Waals surface area contributed by atoms with Gasteiger partial charge in [0.15, 0.2) is 0 Å². The van der Waals surface area contributed by atoms with Gasteiger partial charge in [-0.25, -0.2) is 9.98 Å². The fourth-order valence-corrected chi connectivity index (χ4v) is 1.26. The van der Waals surface area contributed by atoms with Gasteiger partial charge >= 0.3 is 6.35 Å². The molecule has 0 saturated carbocycles. The Labute approximate surface area is 78.0 Å². The quantitative estimate of drug-likeness (QED) is 0.671. The summed E-state index contributed by atoms with van der Waals surface area (Å²) >= 11 is 11.4. The zero-order valence-electron chi connectivity index (χ0n) is 5.75. The lowest BCUT2D eigenvalue weighted by Crippen LogP contribution is -2.20. The van der Waals surface area contributed by atoms with Crippen LogP contribution in [0.15, 0.2) is 22.1 Å². The highest BCUT2D eigenvalue weighted by molar-refractivity contribution is 6.41. The van der Waals surface area contributed by atoms with Crippen molar-refractivity contribution in [2.24, 2.45) is 9.98 Å². The van der Waals surface area contributed by atoms with Gasteiger partial charge in [0.25, 0.3) is 0 Å². The number of benzene rings is 1. The van der Waals surface area contributed by atoms with Crippen LogP contribution in [0.3, 0.4) is 0 Å². The molecule has 0 bridgehead atoms. The van der Waals surface area contributed by atoms with Crippen molar-refractivity contribution in [2.75, 3.05) is 0 Å². The molecule has 1 heterocycles. The Kier molecular flexibility index (Phi) is 1.79. The molecule has 1 aromatic carbocycles. The topological polar surface area (TPSA) is 45.0 Å². The first-order chi connectivity index (χ1) is 5.66. The fraction of sp³-hybridized carbons (Fsp3) is 0. The first-order valence-corrected chi connectivity index (χ1v) is 3.91. The normalized spacial score (nSPS) is 15.2. The number of halogens is 2. The lowest BCUT2D eigenvalue weighted by molar-refractivity contribution is 0.305. The van der Waals surface area contributed by atoms with Gasteiger partial charge in [-0.3, -0.25) is 0 Å². The Hall–Kier alpha value is -0.640. The number of hydrogen-bond donors (Lipinski definition) is 1. The van der Waals surface area contributed by atoms with Gasteiger partial charge in [-0.1, -0.05) is 23.2 Å². The summed E-state index contributed by atoms with van der Waals surface area (Å²) in [5.74, 6) is 0. The lowest BCUT2D eigenvalue weighted by Gasteiger charge is -1.90. The second-order valence-electron chi connectivity index (χ2n) is 2.28. The van der Waals surface area contributed by atoms with Gasteiger partial charge in [0, 0.05) is 0 Å². The van der Waals surface area contributed by atoms with E-state index < -0.39 is 0 Å². The van der Waals surface area contributed by atoms with E-state index in [2.05, 4.69) is 9.98 Å². The molecule has 5 heteroatoms. The van der Waals surface area contributed by atoms with E-state index in [1.165, 1.54) is 0 Å². The van der Waals surface area contributed by atoms with Crippen molar-refractivity contribution in [3.8, 4) is 0 Å². The second-order valence-corrected chi connectivity index (χ2v) is 3.09. The molecule has 2 rings (SSSR count). The zero-order chi connectivity index (χ0) is 8.72. The molecule has 61 valence electrons. The van der Waals surface area contributed by atoms with Gasteiger partial charge in [-0.2, -0.15) is 0 Å². The van der Waals surface area contributed by atoms with E-state index in [0.717, 1.165) is 0 Å². The minimum atomic E-state index is -0.261. The SMILES string of the molecule is O[C]1N=c2cc(Cl)c(Cl)cc2=N1. The number of nitrogens with zero attached hydrogens (tertiary/aromatic N) is 2. The molecule has 3 nitrogen and oxygen atoms in total. The monoisotopic (exact) mass is 201 g/mol. The Balaban J connectivity index is 2.80. The van der Waals surface area contributed by atoms with E-state index in [1.54, 1.807) is 12.1 Å². The van der Waals surface area contributed by atoms with Crippen LogP contribution in [0.5, 0.6) is 0 Å². The summed E-state index contributed by atoms with van der Waals surface area (Å²) in [6.07, 6.45) is -0.261. The molecule has 0 amide bonds. The van der Waals surface area contributed by atoms with Gasteiger partial charge < -0.3 is 5.11 Å². The average Bonchev–Trinajstić information content (AvgIpc) is 2.30. The van der Waals surface area contributed by atoms with Crippen LogP contribution in [0.4, 0.5) is 0 Å². The molecule has 0 saturated heterocycles. The van der Waals surface area contributed by atoms with Crippen molar-refractivity contribution in [3.63, 3.8) is 0 Å². The van der Waals surface area contributed by atoms with Gasteiger partial charge in [-0.15, -0.1) is 0 Å². The van der Waals surface area contributed by atoms with Crippen molar-refractivity contribution in [1.82, 2.24) is 0 Å². The highest BCUT2D eigenvalue weighted by Gasteiger charge is 2.09. The smallest absolute Gasteiger partial charge is 0.330 e. The van der Waals surface area contributed by atoms with Gasteiger partial charge in [0.2, 0.25) is 0 Å². The first-order valence-electron chi connectivity index (χ1n) is 3.15. The Morgan fingerprint density at radius 1 is 1.00 bits per heavy atom. The molecule has 0 aromatic heterocycles. The zero-order valence-corrected chi connectivity index (χ0v) is 7.26. The highest BCUT2D eigenvalue weighted by atomic mass is 35.5. The molecule has 1 aliphatic rings. The Morgan fingerprint density at radius 3 is 1.83 bits per heavy atom. The molecule has 12 heavy (non-hydrogen) atoms. The molecule has 0 unspecified atom stereocenters. The summed E-state index contributed by atoms with van der Waals surface area (Å²) in [4.78, 5) is 7.43. The maximum Gasteiger partial charge on any atom is 0.330 e. The van der Waals surface area contributed by atoms with Crippen LogP contribution in [-0.4, -0.2) is 5.11 Å². The van der Waals surface area contributed by atoms with Crippen molar-refractivity contribution in [2.45, 2.75) is 0 Å². The predicted molar refractivity (Wildman–Crippen MR) is 44.0 cm³/mol.